The molecule has 2 fully saturated rings. The van der Waals surface area contributed by atoms with Crippen LogP contribution in [0, 0.1) is 19.8 Å². The zero-order valence-corrected chi connectivity index (χ0v) is 31.8. The van der Waals surface area contributed by atoms with Gasteiger partial charge in [0.15, 0.2) is 11.5 Å². The van der Waals surface area contributed by atoms with Gasteiger partial charge in [-0.3, -0.25) is 9.59 Å². The van der Waals surface area contributed by atoms with Crippen LogP contribution in [-0.4, -0.2) is 77.2 Å². The van der Waals surface area contributed by atoms with Crippen molar-refractivity contribution < 1.29 is 19.0 Å². The molecule has 1 aromatic carbocycles. The average molecular weight is 704 g/mol. The van der Waals surface area contributed by atoms with E-state index in [-0.39, 0.29) is 36.1 Å². The Labute approximate surface area is 300 Å². The molecule has 1 amide bonds. The number of hydrogen-bond acceptors (Lipinski definition) is 9. The highest BCUT2D eigenvalue weighted by Crippen LogP contribution is 2.53. The maximum absolute atomic E-state index is 14.0. The van der Waals surface area contributed by atoms with E-state index in [0.29, 0.717) is 40.3 Å². The van der Waals surface area contributed by atoms with Crippen LogP contribution in [0.15, 0.2) is 40.2 Å². The van der Waals surface area contributed by atoms with Gasteiger partial charge in [0.1, 0.15) is 5.82 Å². The summed E-state index contributed by atoms with van der Waals surface area (Å²) in [5, 5.41) is 3.02. The van der Waals surface area contributed by atoms with Gasteiger partial charge in [0.05, 0.1) is 12.2 Å². The van der Waals surface area contributed by atoms with Crippen LogP contribution >= 0.6 is 11.8 Å². The van der Waals surface area contributed by atoms with Crippen molar-refractivity contribution in [2.75, 3.05) is 31.3 Å². The lowest BCUT2D eigenvalue weighted by Gasteiger charge is -2.41. The predicted octanol–water partition coefficient (Wildman–Crippen LogP) is 6.71. The third-order valence-electron chi connectivity index (χ3n) is 10.8. The zero-order valence-electron chi connectivity index (χ0n) is 31.0. The molecule has 2 N–H and O–H groups in total. The first-order chi connectivity index (χ1) is 23.8. The molecule has 4 heterocycles. The van der Waals surface area contributed by atoms with E-state index in [4.69, 9.17) is 19.2 Å². The summed E-state index contributed by atoms with van der Waals surface area (Å²) in [6.07, 6.45) is 8.17. The number of anilines is 1. The van der Waals surface area contributed by atoms with Crippen LogP contribution in [-0.2, 0) is 11.3 Å². The monoisotopic (exact) mass is 703 g/mol. The van der Waals surface area contributed by atoms with E-state index in [2.05, 4.69) is 54.8 Å². The van der Waals surface area contributed by atoms with Gasteiger partial charge in [-0.15, -0.1) is 11.8 Å². The lowest BCUT2D eigenvalue weighted by molar-refractivity contribution is -0.124. The van der Waals surface area contributed by atoms with E-state index in [1.54, 1.807) is 0 Å². The highest BCUT2D eigenvalue weighted by atomic mass is 32.2. The van der Waals surface area contributed by atoms with Crippen LogP contribution in [0.3, 0.4) is 0 Å². The molecule has 1 saturated carbocycles. The van der Waals surface area contributed by atoms with E-state index < -0.39 is 5.79 Å². The quantitative estimate of drug-likeness (QED) is 0.235. The molecule has 6 rings (SSSR count). The van der Waals surface area contributed by atoms with Crippen molar-refractivity contribution in [2.45, 2.75) is 116 Å². The number of H-pyrrole nitrogens is 1. The van der Waals surface area contributed by atoms with E-state index >= 15 is 0 Å². The molecule has 0 radical (unpaired) electrons. The van der Waals surface area contributed by atoms with E-state index in [9.17, 15) is 9.59 Å². The summed E-state index contributed by atoms with van der Waals surface area (Å²) in [5.41, 5.74) is 3.90. The van der Waals surface area contributed by atoms with Gasteiger partial charge >= 0.3 is 0 Å². The van der Waals surface area contributed by atoms with Crippen molar-refractivity contribution in [3.05, 3.63) is 63.2 Å². The molecule has 50 heavy (non-hydrogen) atoms. The smallest absolute Gasteiger partial charge is 0.254 e. The molecule has 0 spiro atoms. The molecular formula is C39H53N5O5S. The number of fused-ring (bicyclic) bond motifs is 1. The number of carbonyl (C=O) groups is 1. The highest BCUT2D eigenvalue weighted by Gasteiger charge is 2.48. The molecule has 1 unspecified atom stereocenters. The minimum atomic E-state index is -0.867. The first-order valence-corrected chi connectivity index (χ1v) is 19.2. The number of amides is 1. The summed E-state index contributed by atoms with van der Waals surface area (Å²) in [4.78, 5) is 40.1. The third-order valence-corrected chi connectivity index (χ3v) is 11.6. The second kappa shape index (κ2) is 14.6. The maximum Gasteiger partial charge on any atom is 0.254 e. The van der Waals surface area contributed by atoms with Crippen molar-refractivity contribution in [2.24, 2.45) is 5.92 Å². The SMILES string of the molecule is CSc1cc(C)[nH]c(=O)c1CNC(=O)c1cc(-c2ccc(N3C[C@@H](C)O[C@@H](C)C3)nc2)c2c(c1C)OC(C)([C@H]1CC[C@H](N(C)C(C)C)CC1)O2. The normalized spacial score (nSPS) is 25.0. The fourth-order valence-electron chi connectivity index (χ4n) is 7.83. The Morgan fingerprint density at radius 3 is 2.40 bits per heavy atom. The third kappa shape index (κ3) is 7.27. The molecule has 3 atom stereocenters. The van der Waals surface area contributed by atoms with Crippen molar-refractivity contribution >= 4 is 23.5 Å². The van der Waals surface area contributed by atoms with Gasteiger partial charge < -0.3 is 34.3 Å². The van der Waals surface area contributed by atoms with Crippen molar-refractivity contribution in [1.82, 2.24) is 20.2 Å². The molecule has 2 aliphatic heterocycles. The zero-order chi connectivity index (χ0) is 35.9. The standard InChI is InChI=1S/C39H53N5O5S/c1-22(2)43(8)29-13-11-28(12-14-29)39(7)48-35-26(6)30(37(45)41-19-32-33(50-9)16-23(3)42-38(32)46)17-31(36(35)49-39)27-10-15-34(40-18-27)44-20-24(4)47-25(5)21-44/h10,15-18,22,24-25,28-29H,11-14,19-21H2,1-9H3,(H,41,45)(H,42,46)/t24-,25+,28-,29-,39?. The molecule has 11 heteroatoms. The van der Waals surface area contributed by atoms with Gasteiger partial charge in [0, 0.05) is 89.2 Å². The Kier molecular flexibility index (Phi) is 10.6. The average Bonchev–Trinajstić information content (AvgIpc) is 3.46. The van der Waals surface area contributed by atoms with Crippen LogP contribution < -0.4 is 25.2 Å². The number of rotatable bonds is 9. The summed E-state index contributed by atoms with van der Waals surface area (Å²) in [7, 11) is 2.22. The van der Waals surface area contributed by atoms with Crippen LogP contribution in [0.2, 0.25) is 0 Å². The maximum atomic E-state index is 14.0. The molecule has 3 aromatic rings. The molecule has 0 bridgehead atoms. The Morgan fingerprint density at radius 1 is 1.10 bits per heavy atom. The Bertz CT molecular complexity index is 1760. The second-order valence-electron chi connectivity index (χ2n) is 14.8. The number of aromatic nitrogens is 2. The van der Waals surface area contributed by atoms with Crippen LogP contribution in [0.25, 0.3) is 11.1 Å². The van der Waals surface area contributed by atoms with Crippen LogP contribution in [0.5, 0.6) is 11.5 Å². The topological polar surface area (TPSA) is 109 Å². The lowest BCUT2D eigenvalue weighted by Crippen LogP contribution is -2.48. The number of hydrogen-bond donors (Lipinski definition) is 2. The van der Waals surface area contributed by atoms with E-state index in [1.807, 2.05) is 57.5 Å². The summed E-state index contributed by atoms with van der Waals surface area (Å²) in [5.74, 6) is 1.17. The number of thioether (sulfide) groups is 1. The van der Waals surface area contributed by atoms with Gasteiger partial charge in [-0.1, -0.05) is 0 Å². The minimum absolute atomic E-state index is 0.103. The Morgan fingerprint density at radius 2 is 1.78 bits per heavy atom. The first-order valence-electron chi connectivity index (χ1n) is 18.0. The molecule has 3 aliphatic rings. The fourth-order valence-corrected chi connectivity index (χ4v) is 8.53. The number of nitrogens with one attached hydrogen (secondary N) is 2. The number of ether oxygens (including phenoxy) is 3. The molecule has 270 valence electrons. The Balaban J connectivity index is 1.32. The van der Waals surface area contributed by atoms with Gasteiger partial charge in [-0.25, -0.2) is 4.98 Å². The minimum Gasteiger partial charge on any atom is -0.448 e. The summed E-state index contributed by atoms with van der Waals surface area (Å²) < 4.78 is 19.6. The largest absolute Gasteiger partial charge is 0.448 e. The molecule has 2 aromatic heterocycles. The molecule has 1 saturated heterocycles. The fraction of sp³-hybridized carbons (Fsp3) is 0.564. The first kappa shape index (κ1) is 36.3. The number of nitrogens with zero attached hydrogens (tertiary/aromatic N) is 3. The summed E-state index contributed by atoms with van der Waals surface area (Å²) in [6.45, 7) is 16.1. The number of pyridine rings is 2. The van der Waals surface area contributed by atoms with Gasteiger partial charge in [-0.05, 0) is 105 Å². The number of aromatic amines is 1. The predicted molar refractivity (Wildman–Crippen MR) is 200 cm³/mol. The number of morpholine rings is 1. The van der Waals surface area contributed by atoms with Gasteiger partial charge in [0.2, 0.25) is 0 Å². The van der Waals surface area contributed by atoms with Gasteiger partial charge in [0.25, 0.3) is 17.3 Å². The van der Waals surface area contributed by atoms with Crippen molar-refractivity contribution in [3.63, 3.8) is 0 Å². The summed E-state index contributed by atoms with van der Waals surface area (Å²) >= 11 is 1.49. The Hall–Kier alpha value is -3.54. The number of aryl methyl sites for hydroxylation is 1. The molecule has 10 nitrogen and oxygen atoms in total. The van der Waals surface area contributed by atoms with E-state index in [1.165, 1.54) is 11.8 Å². The van der Waals surface area contributed by atoms with Crippen molar-refractivity contribution in [3.8, 4) is 22.6 Å². The number of benzene rings is 1. The lowest BCUT2D eigenvalue weighted by atomic mass is 9.80. The van der Waals surface area contributed by atoms with Gasteiger partial charge in [-0.2, -0.15) is 0 Å². The van der Waals surface area contributed by atoms with Crippen LogP contribution in [0.4, 0.5) is 5.82 Å². The van der Waals surface area contributed by atoms with E-state index in [0.717, 1.165) is 66.3 Å². The number of carbonyl (C=O) groups excluding carboxylic acids is 1. The summed E-state index contributed by atoms with van der Waals surface area (Å²) in [6, 6.07) is 8.93. The van der Waals surface area contributed by atoms with Crippen LogP contribution in [0.1, 0.15) is 87.5 Å². The van der Waals surface area contributed by atoms with Crippen molar-refractivity contribution in [1.29, 1.82) is 0 Å². The second-order valence-corrected chi connectivity index (χ2v) is 15.7. The molecule has 1 aliphatic carbocycles. The highest BCUT2D eigenvalue weighted by molar-refractivity contribution is 7.98. The molecular weight excluding hydrogens is 651 g/mol.